The number of ether oxygens (including phenoxy) is 2. The van der Waals surface area contributed by atoms with Crippen LogP contribution in [0.15, 0.2) is 34.1 Å². The van der Waals surface area contributed by atoms with Crippen molar-refractivity contribution in [3.8, 4) is 5.75 Å². The molecule has 0 aliphatic rings. The van der Waals surface area contributed by atoms with Gasteiger partial charge in [-0.05, 0) is 35.3 Å². The fraction of sp³-hybridized carbons (Fsp3) is 0.353. The molecule has 0 saturated carbocycles. The van der Waals surface area contributed by atoms with Crippen molar-refractivity contribution in [3.63, 3.8) is 0 Å². The second kappa shape index (κ2) is 9.05. The van der Waals surface area contributed by atoms with Crippen molar-refractivity contribution < 1.29 is 14.3 Å². The Balaban J connectivity index is 2.13. The molecule has 23 heavy (non-hydrogen) atoms. The van der Waals surface area contributed by atoms with Gasteiger partial charge in [0.1, 0.15) is 9.35 Å². The maximum Gasteiger partial charge on any atom is 0.343 e. The molecule has 0 spiro atoms. The molecule has 2 rings (SSSR count). The van der Waals surface area contributed by atoms with Crippen LogP contribution in [0.1, 0.15) is 34.6 Å². The van der Waals surface area contributed by atoms with Gasteiger partial charge in [-0.2, -0.15) is 0 Å². The van der Waals surface area contributed by atoms with Gasteiger partial charge >= 0.3 is 5.97 Å². The van der Waals surface area contributed by atoms with Gasteiger partial charge in [0.25, 0.3) is 0 Å². The molecule has 1 heterocycles. The Kier molecular flexibility index (Phi) is 7.08. The third kappa shape index (κ3) is 4.80. The zero-order chi connectivity index (χ0) is 16.7. The maximum absolute atomic E-state index is 12.3. The first kappa shape index (κ1) is 18.0. The molecule has 1 aromatic carbocycles. The van der Waals surface area contributed by atoms with Crippen molar-refractivity contribution in [3.05, 3.63) is 50.1 Å². The number of halogens is 1. The normalized spacial score (nSPS) is 10.6. The summed E-state index contributed by atoms with van der Waals surface area (Å²) in [7, 11) is 0. The average molecular weight is 398 g/mol. The van der Waals surface area contributed by atoms with Crippen molar-refractivity contribution in [1.82, 2.24) is 5.32 Å². The summed E-state index contributed by atoms with van der Waals surface area (Å²) in [6.45, 7) is 5.86. The highest BCUT2D eigenvalue weighted by Crippen LogP contribution is 2.40. The molecule has 0 radical (unpaired) electrons. The van der Waals surface area contributed by atoms with Crippen LogP contribution in [0.5, 0.6) is 5.75 Å². The summed E-state index contributed by atoms with van der Waals surface area (Å²) in [5.41, 5.74) is 1.72. The van der Waals surface area contributed by atoms with E-state index in [0.717, 1.165) is 15.2 Å². The molecule has 1 N–H and O–H groups in total. The standard InChI is InChI=1S/C17H20BrNO3S/c1-3-21-15-14(17(20)22-4-2)13(23-16(15)18)11-19-10-12-8-6-5-7-9-12/h5-9,19H,3-4,10-11H2,1-2H3. The Hall–Kier alpha value is -1.37. The van der Waals surface area contributed by atoms with E-state index < -0.39 is 0 Å². The van der Waals surface area contributed by atoms with Crippen LogP contribution >= 0.6 is 27.3 Å². The van der Waals surface area contributed by atoms with Crippen molar-refractivity contribution in [2.24, 2.45) is 0 Å². The predicted octanol–water partition coefficient (Wildman–Crippen LogP) is 4.38. The minimum absolute atomic E-state index is 0.339. The Morgan fingerprint density at radius 2 is 1.91 bits per heavy atom. The topological polar surface area (TPSA) is 47.6 Å². The largest absolute Gasteiger partial charge is 0.491 e. The van der Waals surface area contributed by atoms with Crippen molar-refractivity contribution in [2.75, 3.05) is 13.2 Å². The quantitative estimate of drug-likeness (QED) is 0.671. The lowest BCUT2D eigenvalue weighted by Crippen LogP contribution is -2.15. The zero-order valence-corrected chi connectivity index (χ0v) is 15.6. The fourth-order valence-electron chi connectivity index (χ4n) is 2.15. The van der Waals surface area contributed by atoms with Crippen molar-refractivity contribution in [2.45, 2.75) is 26.9 Å². The van der Waals surface area contributed by atoms with E-state index in [4.69, 9.17) is 9.47 Å². The third-order valence-corrected chi connectivity index (χ3v) is 4.93. The summed E-state index contributed by atoms with van der Waals surface area (Å²) in [5.74, 6) is 0.238. The highest BCUT2D eigenvalue weighted by molar-refractivity contribution is 9.11. The monoisotopic (exact) mass is 397 g/mol. The summed E-state index contributed by atoms with van der Waals surface area (Å²) in [6.07, 6.45) is 0. The first-order valence-electron chi connectivity index (χ1n) is 7.53. The number of esters is 1. The van der Waals surface area contributed by atoms with Gasteiger partial charge in [0.05, 0.1) is 13.2 Å². The van der Waals surface area contributed by atoms with Crippen LogP contribution in [0, 0.1) is 0 Å². The minimum atomic E-state index is -0.339. The van der Waals surface area contributed by atoms with Gasteiger partial charge in [0.2, 0.25) is 0 Å². The molecule has 1 aromatic heterocycles. The van der Waals surface area contributed by atoms with Crippen molar-refractivity contribution in [1.29, 1.82) is 0 Å². The third-order valence-electron chi connectivity index (χ3n) is 3.12. The molecular weight excluding hydrogens is 378 g/mol. The maximum atomic E-state index is 12.3. The van der Waals surface area contributed by atoms with E-state index in [1.807, 2.05) is 25.1 Å². The van der Waals surface area contributed by atoms with Crippen LogP contribution in [0.4, 0.5) is 0 Å². The number of hydrogen-bond donors (Lipinski definition) is 1. The highest BCUT2D eigenvalue weighted by Gasteiger charge is 2.24. The summed E-state index contributed by atoms with van der Waals surface area (Å²) in [6, 6.07) is 10.1. The van der Waals surface area contributed by atoms with Gasteiger partial charge in [-0.3, -0.25) is 0 Å². The lowest BCUT2D eigenvalue weighted by Gasteiger charge is -2.08. The van der Waals surface area contributed by atoms with E-state index in [9.17, 15) is 4.79 Å². The average Bonchev–Trinajstić information content (AvgIpc) is 2.85. The molecule has 0 bridgehead atoms. The van der Waals surface area contributed by atoms with E-state index in [1.54, 1.807) is 6.92 Å². The van der Waals surface area contributed by atoms with Crippen LogP contribution in [0.2, 0.25) is 0 Å². The van der Waals surface area contributed by atoms with Crippen LogP contribution in [0.3, 0.4) is 0 Å². The molecule has 0 atom stereocenters. The lowest BCUT2D eigenvalue weighted by molar-refractivity contribution is 0.0521. The Labute approximate surface area is 148 Å². The van der Waals surface area contributed by atoms with E-state index in [2.05, 4.69) is 33.4 Å². The van der Waals surface area contributed by atoms with E-state index in [1.165, 1.54) is 16.9 Å². The van der Waals surface area contributed by atoms with E-state index in [-0.39, 0.29) is 5.97 Å². The molecule has 4 nitrogen and oxygen atoms in total. The minimum Gasteiger partial charge on any atom is -0.491 e. The summed E-state index contributed by atoms with van der Waals surface area (Å²) < 4.78 is 11.6. The fourth-order valence-corrected chi connectivity index (χ4v) is 3.98. The van der Waals surface area contributed by atoms with Gasteiger partial charge < -0.3 is 14.8 Å². The molecule has 0 saturated heterocycles. The second-order valence-corrected chi connectivity index (χ2v) is 7.17. The van der Waals surface area contributed by atoms with Crippen LogP contribution in [-0.2, 0) is 17.8 Å². The van der Waals surface area contributed by atoms with E-state index in [0.29, 0.717) is 31.1 Å². The number of hydrogen-bond acceptors (Lipinski definition) is 5. The molecule has 0 unspecified atom stereocenters. The predicted molar refractivity (Wildman–Crippen MR) is 96.1 cm³/mol. The van der Waals surface area contributed by atoms with Crippen LogP contribution in [-0.4, -0.2) is 19.2 Å². The number of rotatable bonds is 8. The van der Waals surface area contributed by atoms with Gasteiger partial charge in [-0.25, -0.2) is 4.79 Å². The first-order valence-corrected chi connectivity index (χ1v) is 9.14. The molecule has 0 aliphatic carbocycles. The summed E-state index contributed by atoms with van der Waals surface area (Å²) >= 11 is 4.98. The smallest absolute Gasteiger partial charge is 0.343 e. The SMILES string of the molecule is CCOC(=O)c1c(CNCc2ccccc2)sc(Br)c1OCC. The van der Waals surface area contributed by atoms with Crippen LogP contribution < -0.4 is 10.1 Å². The van der Waals surface area contributed by atoms with Gasteiger partial charge in [-0.1, -0.05) is 30.3 Å². The second-order valence-electron chi connectivity index (χ2n) is 4.75. The van der Waals surface area contributed by atoms with Gasteiger partial charge in [0, 0.05) is 18.0 Å². The number of benzene rings is 1. The van der Waals surface area contributed by atoms with E-state index >= 15 is 0 Å². The van der Waals surface area contributed by atoms with Crippen molar-refractivity contribution >= 4 is 33.2 Å². The number of carbonyl (C=O) groups excluding carboxylic acids is 1. The Bertz CT molecular complexity index is 643. The number of carbonyl (C=O) groups is 1. The Morgan fingerprint density at radius 3 is 2.57 bits per heavy atom. The first-order chi connectivity index (χ1) is 11.2. The Morgan fingerprint density at radius 1 is 1.17 bits per heavy atom. The van der Waals surface area contributed by atoms with Gasteiger partial charge in [0.15, 0.2) is 5.75 Å². The van der Waals surface area contributed by atoms with Crippen LogP contribution in [0.25, 0.3) is 0 Å². The summed E-state index contributed by atoms with van der Waals surface area (Å²) in [4.78, 5) is 13.2. The molecule has 0 aliphatic heterocycles. The number of thiophene rings is 1. The molecule has 6 heteroatoms. The molecular formula is C17H20BrNO3S. The van der Waals surface area contributed by atoms with Gasteiger partial charge in [-0.15, -0.1) is 11.3 Å². The molecule has 0 amide bonds. The highest BCUT2D eigenvalue weighted by atomic mass is 79.9. The summed E-state index contributed by atoms with van der Waals surface area (Å²) in [5, 5.41) is 3.36. The number of nitrogens with one attached hydrogen (secondary N) is 1. The zero-order valence-electron chi connectivity index (χ0n) is 13.2. The molecule has 124 valence electrons. The lowest BCUT2D eigenvalue weighted by atomic mass is 10.2. The molecule has 0 fully saturated rings. The molecule has 2 aromatic rings.